The van der Waals surface area contributed by atoms with Gasteiger partial charge < -0.3 is 29.0 Å². The first-order valence-corrected chi connectivity index (χ1v) is 17.0. The molecule has 0 aromatic heterocycles. The standard InChI is InChI=1S/C28H54N3O11P/c1-7-12-15-20-37-27(34)39-23(17-10-4)41-43(36,30-26(29)31(6)22(25(32)33)19-14-9-3)42-24(18-11-5)40-28(35)38-21-16-13-8-2/h22-24H,7-21H2,1-6H3,(H,32,33)(H2,29,30,36). The number of carbonyl (C=O) groups excluding carboxylic acids is 2. The molecule has 3 N–H and O–H groups in total. The summed E-state index contributed by atoms with van der Waals surface area (Å²) in [5.41, 5.74) is 0. The number of carbonyl (C=O) groups is 3. The zero-order valence-electron chi connectivity index (χ0n) is 26.8. The SMILES string of the molecule is CCCCCOC(=O)OC(CCC)OP(=O)(NC(=N)N(C)C(CCCC)C(=O)O)OC(CCC)OC(=O)OCCCCC. The number of guanidine groups is 1. The molecule has 3 atom stereocenters. The van der Waals surface area contributed by atoms with Crippen LogP contribution in [0.1, 0.15) is 118 Å². The number of carboxylic acid groups (broad SMARTS) is 1. The number of unbranched alkanes of at least 4 members (excludes halogenated alkanes) is 5. The zero-order valence-corrected chi connectivity index (χ0v) is 27.7. The van der Waals surface area contributed by atoms with E-state index >= 15 is 0 Å². The lowest BCUT2D eigenvalue weighted by molar-refractivity contribution is -0.141. The predicted octanol–water partition coefficient (Wildman–Crippen LogP) is 7.17. The highest BCUT2D eigenvalue weighted by molar-refractivity contribution is 7.52. The first-order valence-electron chi connectivity index (χ1n) is 15.4. The lowest BCUT2D eigenvalue weighted by Gasteiger charge is -2.32. The number of hydrogen-bond donors (Lipinski definition) is 3. The number of hydrogen-bond acceptors (Lipinski definition) is 11. The number of rotatable bonds is 24. The van der Waals surface area contributed by atoms with Gasteiger partial charge in [-0.2, -0.15) is 0 Å². The molecule has 0 saturated heterocycles. The Morgan fingerprint density at radius 3 is 1.56 bits per heavy atom. The molecule has 0 rings (SSSR count). The Bertz CT molecular complexity index is 820. The minimum Gasteiger partial charge on any atom is -0.480 e. The average molecular weight is 640 g/mol. The van der Waals surface area contributed by atoms with E-state index in [1.807, 2.05) is 20.8 Å². The predicted molar refractivity (Wildman–Crippen MR) is 161 cm³/mol. The largest absolute Gasteiger partial charge is 0.510 e. The van der Waals surface area contributed by atoms with Gasteiger partial charge in [0, 0.05) is 19.9 Å². The summed E-state index contributed by atoms with van der Waals surface area (Å²) in [4.78, 5) is 37.6. The van der Waals surface area contributed by atoms with E-state index in [1.165, 1.54) is 7.05 Å². The maximum absolute atomic E-state index is 14.1. The van der Waals surface area contributed by atoms with Crippen molar-refractivity contribution in [1.82, 2.24) is 9.99 Å². The van der Waals surface area contributed by atoms with Gasteiger partial charge in [0.2, 0.25) is 18.5 Å². The highest BCUT2D eigenvalue weighted by Crippen LogP contribution is 2.48. The lowest BCUT2D eigenvalue weighted by Crippen LogP contribution is -2.47. The molecule has 43 heavy (non-hydrogen) atoms. The van der Waals surface area contributed by atoms with Crippen molar-refractivity contribution in [3.8, 4) is 0 Å². The van der Waals surface area contributed by atoms with Crippen molar-refractivity contribution in [3.63, 3.8) is 0 Å². The second kappa shape index (κ2) is 23.8. The molecule has 0 heterocycles. The summed E-state index contributed by atoms with van der Waals surface area (Å²) < 4.78 is 46.1. The van der Waals surface area contributed by atoms with Crippen LogP contribution in [0, 0.1) is 5.41 Å². The molecule has 0 aliphatic heterocycles. The fourth-order valence-corrected chi connectivity index (χ4v) is 5.16. The van der Waals surface area contributed by atoms with Gasteiger partial charge >= 0.3 is 26.0 Å². The summed E-state index contributed by atoms with van der Waals surface area (Å²) in [6.07, 6.45) is 2.60. The van der Waals surface area contributed by atoms with Gasteiger partial charge in [0.05, 0.1) is 13.2 Å². The van der Waals surface area contributed by atoms with Gasteiger partial charge in [0.15, 0.2) is 0 Å². The minimum atomic E-state index is -4.66. The van der Waals surface area contributed by atoms with E-state index in [0.717, 1.165) is 37.0 Å². The topological polar surface area (TPSA) is 183 Å². The van der Waals surface area contributed by atoms with Crippen molar-refractivity contribution >= 4 is 32.0 Å². The van der Waals surface area contributed by atoms with E-state index in [-0.39, 0.29) is 32.5 Å². The van der Waals surface area contributed by atoms with Crippen molar-refractivity contribution in [2.45, 2.75) is 137 Å². The number of likely N-dealkylation sites (N-methyl/N-ethyl adjacent to an activating group) is 1. The highest BCUT2D eigenvalue weighted by atomic mass is 31.2. The molecule has 0 aliphatic carbocycles. The van der Waals surface area contributed by atoms with Crippen LogP contribution in [0.4, 0.5) is 9.59 Å². The van der Waals surface area contributed by atoms with Gasteiger partial charge in [-0.1, -0.05) is 86.0 Å². The van der Waals surface area contributed by atoms with Crippen LogP contribution in [0.3, 0.4) is 0 Å². The Balaban J connectivity index is 5.99. The minimum absolute atomic E-state index is 0.0925. The van der Waals surface area contributed by atoms with Gasteiger partial charge in [-0.05, 0) is 19.3 Å². The summed E-state index contributed by atoms with van der Waals surface area (Å²) in [5.74, 6) is -1.75. The lowest BCUT2D eigenvalue weighted by atomic mass is 10.1. The fraction of sp³-hybridized carbons (Fsp3) is 0.857. The third-order valence-electron chi connectivity index (χ3n) is 6.13. The van der Waals surface area contributed by atoms with Crippen LogP contribution in [-0.2, 0) is 37.4 Å². The monoisotopic (exact) mass is 639 g/mol. The normalized spacial score (nSPS) is 14.5. The molecule has 0 aromatic carbocycles. The third kappa shape index (κ3) is 18.6. The van der Waals surface area contributed by atoms with E-state index in [9.17, 15) is 24.1 Å². The maximum Gasteiger partial charge on any atom is 0.510 e. The number of ether oxygens (including phenoxy) is 4. The van der Waals surface area contributed by atoms with Gasteiger partial charge in [-0.25, -0.2) is 18.9 Å². The first kappa shape index (κ1) is 40.4. The molecule has 14 nitrogen and oxygen atoms in total. The third-order valence-corrected chi connectivity index (χ3v) is 7.64. The molecule has 252 valence electrons. The van der Waals surface area contributed by atoms with Crippen molar-refractivity contribution < 1.29 is 52.1 Å². The molecule has 3 unspecified atom stereocenters. The van der Waals surface area contributed by atoms with E-state index < -0.39 is 50.6 Å². The molecule has 0 fully saturated rings. The maximum atomic E-state index is 14.1. The highest BCUT2D eigenvalue weighted by Gasteiger charge is 2.38. The fourth-order valence-electron chi connectivity index (χ4n) is 3.67. The molecule has 0 radical (unpaired) electrons. The van der Waals surface area contributed by atoms with E-state index in [1.54, 1.807) is 13.8 Å². The molecule has 15 heteroatoms. The Morgan fingerprint density at radius 2 is 1.19 bits per heavy atom. The second-order valence-electron chi connectivity index (χ2n) is 10.1. The second-order valence-corrected chi connectivity index (χ2v) is 11.7. The Kier molecular flexibility index (Phi) is 22.4. The van der Waals surface area contributed by atoms with E-state index in [0.29, 0.717) is 32.1 Å². The molecule has 0 saturated carbocycles. The first-order chi connectivity index (χ1) is 20.5. The van der Waals surface area contributed by atoms with Crippen molar-refractivity contribution in [2.75, 3.05) is 20.3 Å². The molecule has 0 aliphatic rings. The number of nitrogens with one attached hydrogen (secondary N) is 2. The quantitative estimate of drug-likeness (QED) is 0.0241. The van der Waals surface area contributed by atoms with Crippen molar-refractivity contribution in [2.24, 2.45) is 0 Å². The average Bonchev–Trinajstić information content (AvgIpc) is 2.93. The number of aliphatic carboxylic acids is 1. The van der Waals surface area contributed by atoms with Crippen molar-refractivity contribution in [3.05, 3.63) is 0 Å². The molecule has 0 spiro atoms. The summed E-state index contributed by atoms with van der Waals surface area (Å²) in [7, 11) is -3.30. The Morgan fingerprint density at radius 1 is 0.744 bits per heavy atom. The summed E-state index contributed by atoms with van der Waals surface area (Å²) in [5, 5.41) is 20.6. The van der Waals surface area contributed by atoms with Crippen LogP contribution in [0.25, 0.3) is 0 Å². The van der Waals surface area contributed by atoms with Crippen molar-refractivity contribution in [1.29, 1.82) is 5.41 Å². The Labute approximate surface area is 256 Å². The number of carboxylic acids is 1. The van der Waals surface area contributed by atoms with Crippen LogP contribution in [0.5, 0.6) is 0 Å². The van der Waals surface area contributed by atoms with E-state index in [4.69, 9.17) is 33.4 Å². The summed E-state index contributed by atoms with van der Waals surface area (Å²) >= 11 is 0. The van der Waals surface area contributed by atoms with Crippen LogP contribution in [0.15, 0.2) is 0 Å². The van der Waals surface area contributed by atoms with Crippen LogP contribution >= 0.6 is 7.75 Å². The summed E-state index contributed by atoms with van der Waals surface area (Å²) in [6, 6.07) is -1.10. The van der Waals surface area contributed by atoms with Gasteiger partial charge in [-0.15, -0.1) is 0 Å². The zero-order chi connectivity index (χ0) is 32.7. The smallest absolute Gasteiger partial charge is 0.480 e. The van der Waals surface area contributed by atoms with Gasteiger partial charge in [0.1, 0.15) is 6.04 Å². The van der Waals surface area contributed by atoms with Gasteiger partial charge in [-0.3, -0.25) is 19.5 Å². The molecular weight excluding hydrogens is 585 g/mol. The molecular formula is C28H54N3O11P. The van der Waals surface area contributed by atoms with Gasteiger partial charge in [0.25, 0.3) is 0 Å². The van der Waals surface area contributed by atoms with Crippen LogP contribution in [-0.4, -0.2) is 73.1 Å². The van der Waals surface area contributed by atoms with Crippen LogP contribution in [0.2, 0.25) is 0 Å². The number of nitrogens with zero attached hydrogens (tertiary/aromatic N) is 1. The van der Waals surface area contributed by atoms with Crippen LogP contribution < -0.4 is 5.09 Å². The molecule has 0 bridgehead atoms. The van der Waals surface area contributed by atoms with E-state index in [2.05, 4.69) is 5.09 Å². The molecule has 0 aromatic rings. The molecule has 0 amide bonds. The Hall–Kier alpha value is -2.57. The summed E-state index contributed by atoms with van der Waals surface area (Å²) in [6.45, 7) is 9.75.